The van der Waals surface area contributed by atoms with Crippen LogP contribution < -0.4 is 5.73 Å². The van der Waals surface area contributed by atoms with Crippen LogP contribution in [-0.4, -0.2) is 39.1 Å². The average Bonchev–Trinajstić information content (AvgIpc) is 2.86. The van der Waals surface area contributed by atoms with Gasteiger partial charge < -0.3 is 20.8 Å². The first-order chi connectivity index (χ1) is 11.9. The Labute approximate surface area is 150 Å². The number of fused-ring (bicyclic) bond motifs is 1. The third-order valence-electron chi connectivity index (χ3n) is 4.50. The number of benzene rings is 1. The molecule has 0 saturated carbocycles. The maximum Gasteiger partial charge on any atom is 0.353 e. The highest BCUT2D eigenvalue weighted by atomic mass is 32.2. The second-order valence-corrected chi connectivity index (χ2v) is 7.26. The predicted octanol–water partition coefficient (Wildman–Crippen LogP) is 1.97. The molecule has 2 heterocycles. The van der Waals surface area contributed by atoms with Crippen LogP contribution >= 0.6 is 11.8 Å². The molecule has 132 valence electrons. The van der Waals surface area contributed by atoms with Crippen molar-refractivity contribution in [3.63, 3.8) is 0 Å². The molecule has 1 aromatic rings. The van der Waals surface area contributed by atoms with Crippen LogP contribution in [0.1, 0.15) is 18.9 Å². The van der Waals surface area contributed by atoms with E-state index < -0.39 is 18.0 Å². The number of nitrogen functional groups attached to an aromatic ring is 1. The van der Waals surface area contributed by atoms with Gasteiger partial charge in [-0.05, 0) is 36.4 Å². The van der Waals surface area contributed by atoms with Crippen molar-refractivity contribution in [2.75, 3.05) is 5.73 Å². The van der Waals surface area contributed by atoms with Crippen molar-refractivity contribution in [3.8, 4) is 0 Å². The predicted molar refractivity (Wildman–Crippen MR) is 96.4 cm³/mol. The third kappa shape index (κ3) is 3.29. The zero-order valence-corrected chi connectivity index (χ0v) is 14.6. The lowest BCUT2D eigenvalue weighted by molar-refractivity contribution is -0.161. The first kappa shape index (κ1) is 17.6. The van der Waals surface area contributed by atoms with Crippen molar-refractivity contribution < 1.29 is 19.8 Å². The molecule has 1 aromatic carbocycles. The molecule has 2 aliphatic heterocycles. The summed E-state index contributed by atoms with van der Waals surface area (Å²) in [6, 6.07) is 7.33. The summed E-state index contributed by atoms with van der Waals surface area (Å²) in [6.45, 7) is 1.57. The molecule has 0 radical (unpaired) electrons. The first-order valence-corrected chi connectivity index (χ1v) is 8.91. The van der Waals surface area contributed by atoms with Crippen LogP contribution in [0.4, 0.5) is 5.69 Å². The van der Waals surface area contributed by atoms with E-state index in [0.29, 0.717) is 23.4 Å². The fourth-order valence-electron chi connectivity index (χ4n) is 3.37. The third-order valence-corrected chi connectivity index (χ3v) is 5.47. The van der Waals surface area contributed by atoms with Crippen molar-refractivity contribution in [3.05, 3.63) is 51.9 Å². The smallest absolute Gasteiger partial charge is 0.353 e. The van der Waals surface area contributed by atoms with Gasteiger partial charge in [0.15, 0.2) is 0 Å². The second kappa shape index (κ2) is 6.93. The first-order valence-electron chi connectivity index (χ1n) is 8.03. The Balaban J connectivity index is 1.68. The van der Waals surface area contributed by atoms with Crippen LogP contribution in [0, 0.1) is 5.92 Å². The van der Waals surface area contributed by atoms with Crippen LogP contribution in [0.25, 0.3) is 0 Å². The number of nitrogens with zero attached hydrogens (tertiary/aromatic N) is 1. The molecule has 0 aromatic heterocycles. The number of allylic oxidation sites excluding steroid dienone is 1. The number of anilines is 1. The number of hydrogen-bond acceptors (Lipinski definition) is 5. The van der Waals surface area contributed by atoms with Gasteiger partial charge in [0.05, 0.1) is 18.1 Å². The van der Waals surface area contributed by atoms with E-state index in [1.165, 1.54) is 16.7 Å². The lowest BCUT2D eigenvalue weighted by Gasteiger charge is -2.44. The number of rotatable bonds is 6. The molecule has 0 spiro atoms. The average molecular weight is 360 g/mol. The Morgan fingerprint density at radius 2 is 2.28 bits per heavy atom. The van der Waals surface area contributed by atoms with Gasteiger partial charge in [-0.2, -0.15) is 0 Å². The lowest BCUT2D eigenvalue weighted by atomic mass is 9.83. The molecule has 7 heteroatoms. The Morgan fingerprint density at radius 1 is 1.52 bits per heavy atom. The molecular weight excluding hydrogens is 340 g/mol. The molecule has 25 heavy (non-hydrogen) atoms. The molecule has 4 N–H and O–H groups in total. The van der Waals surface area contributed by atoms with E-state index >= 15 is 0 Å². The number of thioether (sulfide) groups is 1. The van der Waals surface area contributed by atoms with E-state index in [1.807, 2.05) is 35.7 Å². The maximum atomic E-state index is 12.1. The van der Waals surface area contributed by atoms with Gasteiger partial charge in [-0.1, -0.05) is 18.2 Å². The minimum absolute atomic E-state index is 0.0468. The molecule has 3 atom stereocenters. The summed E-state index contributed by atoms with van der Waals surface area (Å²) in [5.74, 6) is -1.92. The van der Waals surface area contributed by atoms with Gasteiger partial charge in [-0.25, -0.2) is 4.79 Å². The zero-order valence-electron chi connectivity index (χ0n) is 13.8. The highest BCUT2D eigenvalue weighted by Gasteiger charge is 2.56. The Bertz CT molecular complexity index is 772. The van der Waals surface area contributed by atoms with Gasteiger partial charge in [-0.15, -0.1) is 11.8 Å². The molecule has 6 nitrogen and oxygen atoms in total. The summed E-state index contributed by atoms with van der Waals surface area (Å²) < 4.78 is 0. The van der Waals surface area contributed by atoms with Gasteiger partial charge in [0.25, 0.3) is 0 Å². The Morgan fingerprint density at radius 3 is 2.92 bits per heavy atom. The number of nitrogens with two attached hydrogens (primary N) is 1. The normalized spacial score (nSPS) is 23.8. The largest absolute Gasteiger partial charge is 0.477 e. The van der Waals surface area contributed by atoms with Crippen LogP contribution in [-0.2, 0) is 16.0 Å². The highest BCUT2D eigenvalue weighted by Crippen LogP contribution is 2.47. The van der Waals surface area contributed by atoms with Crippen LogP contribution in [0.3, 0.4) is 0 Å². The molecule has 0 bridgehead atoms. The molecule has 1 fully saturated rings. The number of aliphatic hydroxyl groups is 1. The van der Waals surface area contributed by atoms with Gasteiger partial charge in [0.2, 0.25) is 5.91 Å². The molecule has 1 saturated heterocycles. The van der Waals surface area contributed by atoms with Crippen molar-refractivity contribution in [1.82, 2.24) is 4.90 Å². The summed E-state index contributed by atoms with van der Waals surface area (Å²) in [5, 5.41) is 21.0. The minimum atomic E-state index is -1.10. The van der Waals surface area contributed by atoms with E-state index in [4.69, 9.17) is 5.73 Å². The van der Waals surface area contributed by atoms with Crippen molar-refractivity contribution in [2.45, 2.75) is 31.9 Å². The SMILES string of the molecule is C[C@H](O)[C@@H]1C(=O)N2C(C(=O)O)=C(SC=CCc3cccc(N)c3)C[C@H]12. The van der Waals surface area contributed by atoms with Gasteiger partial charge in [-0.3, -0.25) is 4.79 Å². The topological polar surface area (TPSA) is 104 Å². The van der Waals surface area contributed by atoms with Gasteiger partial charge >= 0.3 is 5.97 Å². The minimum Gasteiger partial charge on any atom is -0.477 e. The number of hydrogen-bond donors (Lipinski definition) is 3. The number of aliphatic hydroxyl groups excluding tert-OH is 1. The van der Waals surface area contributed by atoms with Crippen molar-refractivity contribution in [2.24, 2.45) is 5.92 Å². The molecule has 0 unspecified atom stereocenters. The fraction of sp³-hybridized carbons (Fsp3) is 0.333. The summed E-state index contributed by atoms with van der Waals surface area (Å²) in [5.41, 5.74) is 7.57. The lowest BCUT2D eigenvalue weighted by Crippen LogP contribution is -2.61. The zero-order chi connectivity index (χ0) is 18.1. The summed E-state index contributed by atoms with van der Waals surface area (Å²) >= 11 is 1.32. The van der Waals surface area contributed by atoms with Gasteiger partial charge in [0.1, 0.15) is 5.70 Å². The van der Waals surface area contributed by atoms with E-state index in [1.54, 1.807) is 6.92 Å². The van der Waals surface area contributed by atoms with E-state index in [-0.39, 0.29) is 17.6 Å². The molecule has 2 aliphatic rings. The van der Waals surface area contributed by atoms with Gasteiger partial charge in [0, 0.05) is 17.0 Å². The second-order valence-electron chi connectivity index (χ2n) is 6.26. The number of carbonyl (C=O) groups is 2. The Hall–Kier alpha value is -2.25. The molecule has 3 rings (SSSR count). The molecular formula is C18H20N2O4S. The maximum absolute atomic E-state index is 12.1. The molecule has 0 aliphatic carbocycles. The Kier molecular flexibility index (Phi) is 4.87. The fourth-order valence-corrected chi connectivity index (χ4v) is 4.29. The number of amides is 1. The monoisotopic (exact) mass is 360 g/mol. The number of carboxylic acid groups (broad SMARTS) is 1. The standard InChI is InChI=1S/C18H20N2O4S/c1-10(21)15-13-9-14(16(18(23)24)20(13)17(15)22)25-7-3-5-11-4-2-6-12(19)8-11/h2-4,6-8,10,13,15,21H,5,9,19H2,1H3,(H,23,24)/t10-,13+,15-/m0/s1. The highest BCUT2D eigenvalue weighted by molar-refractivity contribution is 8.05. The van der Waals surface area contributed by atoms with Crippen LogP contribution in [0.2, 0.25) is 0 Å². The number of β-lactam (4-membered cyclic amide) rings is 1. The number of aliphatic carboxylic acids is 1. The summed E-state index contributed by atoms with van der Waals surface area (Å²) in [7, 11) is 0. The van der Waals surface area contributed by atoms with E-state index in [0.717, 1.165) is 5.56 Å². The van der Waals surface area contributed by atoms with E-state index in [9.17, 15) is 19.8 Å². The summed E-state index contributed by atoms with van der Waals surface area (Å²) in [6.07, 6.45) is 2.33. The summed E-state index contributed by atoms with van der Waals surface area (Å²) in [4.78, 5) is 25.6. The quantitative estimate of drug-likeness (QED) is 0.529. The van der Waals surface area contributed by atoms with E-state index in [2.05, 4.69) is 0 Å². The van der Waals surface area contributed by atoms with Crippen molar-refractivity contribution >= 4 is 29.3 Å². The van der Waals surface area contributed by atoms with Crippen molar-refractivity contribution in [1.29, 1.82) is 0 Å². The molecule has 1 amide bonds. The number of carboxylic acids is 1. The van der Waals surface area contributed by atoms with Crippen LogP contribution in [0.5, 0.6) is 0 Å². The number of carbonyl (C=O) groups excluding carboxylic acids is 1. The van der Waals surface area contributed by atoms with Crippen LogP contribution in [0.15, 0.2) is 46.4 Å².